The van der Waals surface area contributed by atoms with Crippen LogP contribution in [0.5, 0.6) is 11.5 Å². The van der Waals surface area contributed by atoms with Crippen LogP contribution in [0, 0.1) is 10.1 Å². The van der Waals surface area contributed by atoms with E-state index in [9.17, 15) is 14.9 Å². The molecule has 0 unspecified atom stereocenters. The van der Waals surface area contributed by atoms with Gasteiger partial charge in [-0.25, -0.2) is 9.97 Å². The number of amides is 1. The molecule has 0 aliphatic carbocycles. The first-order valence-electron chi connectivity index (χ1n) is 10.2. The first-order valence-corrected chi connectivity index (χ1v) is 10.2. The van der Waals surface area contributed by atoms with Crippen LogP contribution in [-0.4, -0.2) is 54.7 Å². The molecule has 0 bridgehead atoms. The number of anilines is 2. The molecule has 0 radical (unpaired) electrons. The summed E-state index contributed by atoms with van der Waals surface area (Å²) in [6, 6.07) is 9.98. The largest absolute Gasteiger partial charge is 0.493 e. The molecule has 32 heavy (non-hydrogen) atoms. The number of carbonyl (C=O) groups excluding carboxylic acids is 1. The van der Waals surface area contributed by atoms with E-state index < -0.39 is 10.8 Å². The van der Waals surface area contributed by atoms with Crippen LogP contribution in [0.25, 0.3) is 11.0 Å². The molecular formula is C22H23N5O5. The van der Waals surface area contributed by atoms with Crippen LogP contribution < -0.4 is 19.3 Å². The second-order valence-electron chi connectivity index (χ2n) is 7.30. The molecular weight excluding hydrogens is 414 g/mol. The van der Waals surface area contributed by atoms with Gasteiger partial charge in [0, 0.05) is 26.2 Å². The summed E-state index contributed by atoms with van der Waals surface area (Å²) in [5.41, 5.74) is 0.896. The van der Waals surface area contributed by atoms with Crippen LogP contribution in [0.4, 0.5) is 17.3 Å². The Kier molecular flexibility index (Phi) is 5.76. The predicted molar refractivity (Wildman–Crippen MR) is 120 cm³/mol. The number of hydrogen-bond acceptors (Lipinski definition) is 8. The van der Waals surface area contributed by atoms with Gasteiger partial charge in [0.15, 0.2) is 23.1 Å². The summed E-state index contributed by atoms with van der Waals surface area (Å²) in [4.78, 5) is 37.7. The van der Waals surface area contributed by atoms with Gasteiger partial charge < -0.3 is 14.4 Å². The van der Waals surface area contributed by atoms with E-state index in [1.54, 1.807) is 6.92 Å². The van der Waals surface area contributed by atoms with Crippen LogP contribution in [0.15, 0.2) is 36.4 Å². The molecule has 10 heteroatoms. The summed E-state index contributed by atoms with van der Waals surface area (Å²) < 4.78 is 10.8. The molecule has 1 aliphatic rings. The second kappa shape index (κ2) is 8.66. The van der Waals surface area contributed by atoms with Crippen molar-refractivity contribution in [1.29, 1.82) is 0 Å². The molecule has 0 fully saturated rings. The first kappa shape index (κ1) is 21.3. The zero-order chi connectivity index (χ0) is 22.8. The van der Waals surface area contributed by atoms with Gasteiger partial charge in [0.05, 0.1) is 35.7 Å². The van der Waals surface area contributed by atoms with Crippen molar-refractivity contribution in [3.8, 4) is 11.5 Å². The molecule has 1 aromatic heterocycles. The Morgan fingerprint density at radius 1 is 1.12 bits per heavy atom. The SMILES string of the molecule is CCOc1cc([N+](=O)[O-])c(C(=O)N2CCCN(C)c3nc4ccccc4nc32)cc1OC. The van der Waals surface area contributed by atoms with Gasteiger partial charge in [-0.1, -0.05) is 12.1 Å². The molecule has 2 aromatic carbocycles. The lowest BCUT2D eigenvalue weighted by atomic mass is 10.1. The van der Waals surface area contributed by atoms with E-state index in [4.69, 9.17) is 19.4 Å². The average Bonchev–Trinajstić information content (AvgIpc) is 2.95. The summed E-state index contributed by atoms with van der Waals surface area (Å²) in [5.74, 6) is 0.836. The first-order chi connectivity index (χ1) is 15.4. The number of para-hydroxylation sites is 2. The van der Waals surface area contributed by atoms with Crippen LogP contribution >= 0.6 is 0 Å². The molecule has 0 atom stereocenters. The summed E-state index contributed by atoms with van der Waals surface area (Å²) in [5, 5.41) is 11.8. The van der Waals surface area contributed by atoms with Crippen molar-refractivity contribution in [2.24, 2.45) is 0 Å². The maximum absolute atomic E-state index is 13.7. The number of carbonyl (C=O) groups is 1. The molecule has 3 aromatic rings. The highest BCUT2D eigenvalue weighted by molar-refractivity contribution is 6.10. The summed E-state index contributed by atoms with van der Waals surface area (Å²) in [7, 11) is 3.31. The van der Waals surface area contributed by atoms with Crippen LogP contribution in [0.3, 0.4) is 0 Å². The van der Waals surface area contributed by atoms with Crippen molar-refractivity contribution >= 4 is 34.3 Å². The smallest absolute Gasteiger partial charge is 0.286 e. The Labute approximate surface area is 184 Å². The number of nitrogens with zero attached hydrogens (tertiary/aromatic N) is 5. The molecule has 0 N–H and O–H groups in total. The number of hydrogen-bond donors (Lipinski definition) is 0. The third-order valence-electron chi connectivity index (χ3n) is 5.28. The fourth-order valence-electron chi connectivity index (χ4n) is 3.74. The Balaban J connectivity index is 1.87. The lowest BCUT2D eigenvalue weighted by Gasteiger charge is -2.23. The zero-order valence-corrected chi connectivity index (χ0v) is 18.1. The van der Waals surface area contributed by atoms with E-state index in [1.165, 1.54) is 24.1 Å². The molecule has 0 spiro atoms. The maximum Gasteiger partial charge on any atom is 0.286 e. The van der Waals surface area contributed by atoms with Gasteiger partial charge in [-0.2, -0.15) is 0 Å². The number of nitro groups is 1. The van der Waals surface area contributed by atoms with Crippen molar-refractivity contribution in [3.63, 3.8) is 0 Å². The molecule has 2 heterocycles. The quantitative estimate of drug-likeness (QED) is 0.441. The zero-order valence-electron chi connectivity index (χ0n) is 18.1. The summed E-state index contributed by atoms with van der Waals surface area (Å²) in [6.07, 6.45) is 0.651. The summed E-state index contributed by atoms with van der Waals surface area (Å²) in [6.45, 7) is 3.07. The molecule has 10 nitrogen and oxygen atoms in total. The number of rotatable bonds is 5. The molecule has 1 amide bonds. The van der Waals surface area contributed by atoms with Crippen molar-refractivity contribution in [2.75, 3.05) is 43.7 Å². The van der Waals surface area contributed by atoms with E-state index in [0.717, 1.165) is 0 Å². The fourth-order valence-corrected chi connectivity index (χ4v) is 3.74. The standard InChI is InChI=1S/C22H23N5O5/c1-4-32-19-13-17(27(29)30)14(12-18(19)31-3)22(28)26-11-7-10-25(2)20-21(26)24-16-9-6-5-8-15(16)23-20/h5-6,8-9,12-13H,4,7,10-11H2,1-3H3. The third kappa shape index (κ3) is 3.75. The van der Waals surface area contributed by atoms with Gasteiger partial charge in [0.25, 0.3) is 11.6 Å². The Hall–Kier alpha value is -3.95. The van der Waals surface area contributed by atoms with Crippen molar-refractivity contribution in [2.45, 2.75) is 13.3 Å². The summed E-state index contributed by atoms with van der Waals surface area (Å²) >= 11 is 0. The minimum atomic E-state index is -0.591. The Morgan fingerprint density at radius 2 is 1.81 bits per heavy atom. The Bertz CT molecular complexity index is 1200. The molecule has 166 valence electrons. The van der Waals surface area contributed by atoms with Gasteiger partial charge in [-0.05, 0) is 25.5 Å². The van der Waals surface area contributed by atoms with Crippen molar-refractivity contribution in [3.05, 3.63) is 52.1 Å². The normalized spacial score (nSPS) is 13.5. The van der Waals surface area contributed by atoms with Crippen LogP contribution in [0.1, 0.15) is 23.7 Å². The third-order valence-corrected chi connectivity index (χ3v) is 5.28. The van der Waals surface area contributed by atoms with E-state index >= 15 is 0 Å². The minimum absolute atomic E-state index is 0.0965. The topological polar surface area (TPSA) is 111 Å². The predicted octanol–water partition coefficient (Wildman–Crippen LogP) is 3.43. The highest BCUT2D eigenvalue weighted by Gasteiger charge is 2.33. The number of methoxy groups -OCH3 is 1. The van der Waals surface area contributed by atoms with E-state index in [2.05, 4.69) is 0 Å². The lowest BCUT2D eigenvalue weighted by molar-refractivity contribution is -0.385. The van der Waals surface area contributed by atoms with Gasteiger partial charge in [0.2, 0.25) is 0 Å². The van der Waals surface area contributed by atoms with Crippen molar-refractivity contribution in [1.82, 2.24) is 9.97 Å². The lowest BCUT2D eigenvalue weighted by Crippen LogP contribution is -2.33. The molecule has 1 aliphatic heterocycles. The van der Waals surface area contributed by atoms with Crippen LogP contribution in [0.2, 0.25) is 0 Å². The highest BCUT2D eigenvalue weighted by Crippen LogP contribution is 2.37. The van der Waals surface area contributed by atoms with Crippen molar-refractivity contribution < 1.29 is 19.2 Å². The van der Waals surface area contributed by atoms with E-state index in [-0.39, 0.29) is 22.7 Å². The van der Waals surface area contributed by atoms with E-state index in [0.29, 0.717) is 48.8 Å². The monoisotopic (exact) mass is 437 g/mol. The molecule has 0 saturated heterocycles. The van der Waals surface area contributed by atoms with E-state index in [1.807, 2.05) is 36.2 Å². The maximum atomic E-state index is 13.7. The minimum Gasteiger partial charge on any atom is -0.493 e. The van der Waals surface area contributed by atoms with Gasteiger partial charge in [-0.15, -0.1) is 0 Å². The fraction of sp³-hybridized carbons (Fsp3) is 0.318. The molecule has 0 saturated carbocycles. The number of fused-ring (bicyclic) bond motifs is 2. The van der Waals surface area contributed by atoms with Crippen LogP contribution in [-0.2, 0) is 0 Å². The highest BCUT2D eigenvalue weighted by atomic mass is 16.6. The average molecular weight is 437 g/mol. The number of nitro benzene ring substituents is 1. The Morgan fingerprint density at radius 3 is 2.44 bits per heavy atom. The number of benzene rings is 2. The number of aromatic nitrogens is 2. The van der Waals surface area contributed by atoms with Gasteiger partial charge >= 0.3 is 0 Å². The number of ether oxygens (including phenoxy) is 2. The van der Waals surface area contributed by atoms with Gasteiger partial charge in [-0.3, -0.25) is 19.8 Å². The van der Waals surface area contributed by atoms with Gasteiger partial charge in [0.1, 0.15) is 5.56 Å². The second-order valence-corrected chi connectivity index (χ2v) is 7.30. The molecule has 4 rings (SSSR count).